The molecule has 0 spiro atoms. The molecule has 0 saturated carbocycles. The third-order valence-corrected chi connectivity index (χ3v) is 1.80. The van der Waals surface area contributed by atoms with Gasteiger partial charge in [-0.15, -0.1) is 0 Å². The zero-order valence-corrected chi connectivity index (χ0v) is 8.61. The Kier molecular flexibility index (Phi) is 4.92. The number of anilines is 1. The lowest BCUT2D eigenvalue weighted by Gasteiger charge is -2.10. The zero-order chi connectivity index (χ0) is 11.1. The molecule has 0 bridgehead atoms. The number of nitrogens with zero attached hydrogens (tertiary/aromatic N) is 2. The third kappa shape index (κ3) is 4.66. The van der Waals surface area contributed by atoms with Gasteiger partial charge in [-0.25, -0.2) is 14.4 Å². The van der Waals surface area contributed by atoms with Crippen molar-refractivity contribution in [3.8, 4) is 0 Å². The molecule has 0 fully saturated rings. The number of ether oxygens (including phenoxy) is 1. The Morgan fingerprint density at radius 1 is 1.53 bits per heavy atom. The summed E-state index contributed by atoms with van der Waals surface area (Å²) in [6.07, 6.45) is 2.98. The van der Waals surface area contributed by atoms with Crippen LogP contribution in [0.4, 0.5) is 10.3 Å². The average Bonchev–Trinajstić information content (AvgIpc) is 2.21. The third-order valence-electron chi connectivity index (χ3n) is 1.80. The number of nitrogens with one attached hydrogen (secondary N) is 1. The summed E-state index contributed by atoms with van der Waals surface area (Å²) in [6.45, 7) is 1.15. The van der Waals surface area contributed by atoms with Crippen molar-refractivity contribution in [1.82, 2.24) is 9.97 Å². The van der Waals surface area contributed by atoms with E-state index in [1.54, 1.807) is 7.11 Å². The summed E-state index contributed by atoms with van der Waals surface area (Å²) in [6, 6.07) is -0.0112. The maximum atomic E-state index is 12.4. The van der Waals surface area contributed by atoms with Crippen LogP contribution in [0.3, 0.4) is 0 Å². The van der Waals surface area contributed by atoms with Crippen LogP contribution in [0.2, 0.25) is 0 Å². The van der Waals surface area contributed by atoms with Gasteiger partial charge in [-0.1, -0.05) is 0 Å². The standard InChI is InChI=1S/C9H15FN4O/c1-15-6-8(11)2-3-12-9-13-4-7(10)5-14-9/h4-5,8H,2-3,6,11H2,1H3,(H,12,13,14). The van der Waals surface area contributed by atoms with Gasteiger partial charge in [0.25, 0.3) is 0 Å². The van der Waals surface area contributed by atoms with Crippen molar-refractivity contribution in [2.24, 2.45) is 5.73 Å². The SMILES string of the molecule is COCC(N)CCNc1ncc(F)cn1. The topological polar surface area (TPSA) is 73.1 Å². The van der Waals surface area contributed by atoms with Crippen molar-refractivity contribution < 1.29 is 9.13 Å². The molecule has 84 valence electrons. The summed E-state index contributed by atoms with van der Waals surface area (Å²) in [7, 11) is 1.61. The summed E-state index contributed by atoms with van der Waals surface area (Å²) in [5.41, 5.74) is 5.71. The second-order valence-electron chi connectivity index (χ2n) is 3.16. The lowest BCUT2D eigenvalue weighted by molar-refractivity contribution is 0.178. The van der Waals surface area contributed by atoms with Crippen LogP contribution < -0.4 is 11.1 Å². The molecule has 0 aromatic carbocycles. The fraction of sp³-hybridized carbons (Fsp3) is 0.556. The van der Waals surface area contributed by atoms with Gasteiger partial charge in [-0.05, 0) is 6.42 Å². The quantitative estimate of drug-likeness (QED) is 0.716. The van der Waals surface area contributed by atoms with Crippen LogP contribution in [0.15, 0.2) is 12.4 Å². The Hall–Kier alpha value is -1.27. The van der Waals surface area contributed by atoms with Crippen molar-refractivity contribution >= 4 is 5.95 Å². The second kappa shape index (κ2) is 6.26. The summed E-state index contributed by atoms with van der Waals surface area (Å²) in [4.78, 5) is 7.50. The molecule has 0 aliphatic heterocycles. The van der Waals surface area contributed by atoms with E-state index in [0.29, 0.717) is 19.1 Å². The molecule has 5 nitrogen and oxygen atoms in total. The van der Waals surface area contributed by atoms with Crippen LogP contribution in [-0.2, 0) is 4.74 Å². The molecule has 1 unspecified atom stereocenters. The summed E-state index contributed by atoms with van der Waals surface area (Å²) < 4.78 is 17.3. The van der Waals surface area contributed by atoms with E-state index in [0.717, 1.165) is 18.8 Å². The van der Waals surface area contributed by atoms with E-state index in [1.165, 1.54) is 0 Å². The van der Waals surface area contributed by atoms with Gasteiger partial charge >= 0.3 is 0 Å². The van der Waals surface area contributed by atoms with E-state index in [-0.39, 0.29) is 6.04 Å². The maximum absolute atomic E-state index is 12.4. The molecule has 0 radical (unpaired) electrons. The Morgan fingerprint density at radius 3 is 2.80 bits per heavy atom. The smallest absolute Gasteiger partial charge is 0.222 e. The molecule has 0 saturated heterocycles. The maximum Gasteiger partial charge on any atom is 0.222 e. The van der Waals surface area contributed by atoms with E-state index < -0.39 is 5.82 Å². The van der Waals surface area contributed by atoms with Crippen LogP contribution in [0.1, 0.15) is 6.42 Å². The van der Waals surface area contributed by atoms with Crippen molar-refractivity contribution in [3.05, 3.63) is 18.2 Å². The first-order valence-electron chi connectivity index (χ1n) is 4.68. The number of nitrogens with two attached hydrogens (primary N) is 1. The van der Waals surface area contributed by atoms with Crippen molar-refractivity contribution in [2.75, 3.05) is 25.6 Å². The van der Waals surface area contributed by atoms with Gasteiger partial charge in [0.15, 0.2) is 5.82 Å². The fourth-order valence-corrected chi connectivity index (χ4v) is 1.07. The first-order valence-corrected chi connectivity index (χ1v) is 4.68. The van der Waals surface area contributed by atoms with Gasteiger partial charge in [0.1, 0.15) is 0 Å². The number of rotatable bonds is 6. The highest BCUT2D eigenvalue weighted by molar-refractivity contribution is 5.21. The molecule has 15 heavy (non-hydrogen) atoms. The average molecular weight is 214 g/mol. The lowest BCUT2D eigenvalue weighted by atomic mass is 10.2. The Labute approximate surface area is 87.9 Å². The van der Waals surface area contributed by atoms with Gasteiger partial charge in [0.05, 0.1) is 19.0 Å². The predicted molar refractivity (Wildman–Crippen MR) is 54.9 cm³/mol. The second-order valence-corrected chi connectivity index (χ2v) is 3.16. The monoisotopic (exact) mass is 214 g/mol. The zero-order valence-electron chi connectivity index (χ0n) is 8.61. The normalized spacial score (nSPS) is 12.5. The first-order chi connectivity index (χ1) is 7.22. The van der Waals surface area contributed by atoms with Gasteiger partial charge in [0.2, 0.25) is 5.95 Å². The van der Waals surface area contributed by atoms with Crippen LogP contribution in [0.5, 0.6) is 0 Å². The molecule has 1 aromatic rings. The van der Waals surface area contributed by atoms with E-state index in [9.17, 15) is 4.39 Å². The number of methoxy groups -OCH3 is 1. The van der Waals surface area contributed by atoms with E-state index in [4.69, 9.17) is 10.5 Å². The van der Waals surface area contributed by atoms with Gasteiger partial charge in [-0.3, -0.25) is 0 Å². The summed E-state index contributed by atoms with van der Waals surface area (Å²) in [5, 5.41) is 2.94. The highest BCUT2D eigenvalue weighted by Gasteiger charge is 2.01. The van der Waals surface area contributed by atoms with Gasteiger partial charge in [-0.2, -0.15) is 0 Å². The van der Waals surface area contributed by atoms with Crippen LogP contribution in [-0.4, -0.2) is 36.3 Å². The molecule has 3 N–H and O–H groups in total. The van der Waals surface area contributed by atoms with Crippen molar-refractivity contribution in [3.63, 3.8) is 0 Å². The highest BCUT2D eigenvalue weighted by atomic mass is 19.1. The number of halogens is 1. The number of hydrogen-bond acceptors (Lipinski definition) is 5. The Balaban J connectivity index is 2.22. The van der Waals surface area contributed by atoms with E-state index in [2.05, 4.69) is 15.3 Å². The van der Waals surface area contributed by atoms with Gasteiger partial charge in [0, 0.05) is 19.7 Å². The molecule has 1 aromatic heterocycles. The number of hydrogen-bond donors (Lipinski definition) is 2. The summed E-state index contributed by atoms with van der Waals surface area (Å²) >= 11 is 0. The minimum absolute atomic E-state index is 0.0112. The van der Waals surface area contributed by atoms with Crippen LogP contribution >= 0.6 is 0 Å². The van der Waals surface area contributed by atoms with E-state index >= 15 is 0 Å². The predicted octanol–water partition coefficient (Wildman–Crippen LogP) is 0.391. The molecule has 0 amide bonds. The van der Waals surface area contributed by atoms with Gasteiger partial charge < -0.3 is 15.8 Å². The van der Waals surface area contributed by atoms with Crippen LogP contribution in [0.25, 0.3) is 0 Å². The molecular formula is C9H15FN4O. The highest BCUT2D eigenvalue weighted by Crippen LogP contribution is 1.98. The lowest BCUT2D eigenvalue weighted by Crippen LogP contribution is -2.28. The Morgan fingerprint density at radius 2 is 2.20 bits per heavy atom. The first kappa shape index (κ1) is 11.8. The largest absolute Gasteiger partial charge is 0.383 e. The number of aromatic nitrogens is 2. The van der Waals surface area contributed by atoms with E-state index in [1.807, 2.05) is 0 Å². The molecule has 1 heterocycles. The molecular weight excluding hydrogens is 199 g/mol. The fourth-order valence-electron chi connectivity index (χ4n) is 1.07. The minimum atomic E-state index is -0.448. The molecule has 0 aliphatic rings. The van der Waals surface area contributed by atoms with Crippen LogP contribution in [0, 0.1) is 5.82 Å². The molecule has 6 heteroatoms. The Bertz CT molecular complexity index is 280. The molecule has 1 rings (SSSR count). The minimum Gasteiger partial charge on any atom is -0.383 e. The molecule has 0 aliphatic carbocycles. The van der Waals surface area contributed by atoms with Crippen molar-refractivity contribution in [1.29, 1.82) is 0 Å². The summed E-state index contributed by atoms with van der Waals surface area (Å²) in [5.74, 6) is -0.0438. The molecule has 1 atom stereocenters. The van der Waals surface area contributed by atoms with Crippen molar-refractivity contribution in [2.45, 2.75) is 12.5 Å².